The Hall–Kier alpha value is -2.10. The molecule has 1 aromatic heterocycles. The van der Waals surface area contributed by atoms with Crippen LogP contribution >= 0.6 is 0 Å². The maximum absolute atomic E-state index is 6.09. The molecule has 1 aromatic carbocycles. The molecule has 2 aromatic rings. The lowest BCUT2D eigenvalue weighted by Crippen LogP contribution is -2.22. The molecule has 4 heteroatoms. The quantitative estimate of drug-likeness (QED) is 0.867. The molecule has 0 aliphatic rings. The van der Waals surface area contributed by atoms with Gasteiger partial charge < -0.3 is 10.6 Å². The molecular formula is C17H24N4. The van der Waals surface area contributed by atoms with Crippen LogP contribution in [0.1, 0.15) is 45.1 Å². The van der Waals surface area contributed by atoms with Gasteiger partial charge in [-0.2, -0.15) is 0 Å². The number of aromatic nitrogens is 2. The van der Waals surface area contributed by atoms with E-state index in [4.69, 9.17) is 5.73 Å². The van der Waals surface area contributed by atoms with E-state index in [-0.39, 0.29) is 5.92 Å². The number of rotatable bonds is 6. The third-order valence-corrected chi connectivity index (χ3v) is 3.53. The predicted molar refractivity (Wildman–Crippen MR) is 88.9 cm³/mol. The van der Waals surface area contributed by atoms with Crippen molar-refractivity contribution >= 4 is 17.3 Å². The van der Waals surface area contributed by atoms with Crippen molar-refractivity contribution in [1.29, 1.82) is 0 Å². The lowest BCUT2D eigenvalue weighted by atomic mass is 10.0. The lowest BCUT2D eigenvalue weighted by Gasteiger charge is -2.27. The highest BCUT2D eigenvalue weighted by molar-refractivity contribution is 5.67. The molecule has 4 nitrogen and oxygen atoms in total. The number of hydrogen-bond acceptors (Lipinski definition) is 4. The topological polar surface area (TPSA) is 55.0 Å². The summed E-state index contributed by atoms with van der Waals surface area (Å²) in [6.45, 7) is 7.38. The highest BCUT2D eigenvalue weighted by Crippen LogP contribution is 2.33. The Morgan fingerprint density at radius 2 is 1.86 bits per heavy atom. The normalized spacial score (nSPS) is 10.9. The Morgan fingerprint density at radius 1 is 1.14 bits per heavy atom. The van der Waals surface area contributed by atoms with Crippen LogP contribution in [-0.2, 0) is 0 Å². The van der Waals surface area contributed by atoms with Crippen LogP contribution in [0.2, 0.25) is 0 Å². The monoisotopic (exact) mass is 284 g/mol. The van der Waals surface area contributed by atoms with Crippen LogP contribution in [0.3, 0.4) is 0 Å². The molecule has 112 valence electrons. The van der Waals surface area contributed by atoms with Gasteiger partial charge in [0.15, 0.2) is 0 Å². The Bertz CT molecular complexity index is 566. The molecule has 0 saturated heterocycles. The van der Waals surface area contributed by atoms with E-state index < -0.39 is 0 Å². The number of unbranched alkanes of at least 4 members (excludes halogenated alkanes) is 1. The maximum Gasteiger partial charge on any atom is 0.142 e. The molecule has 0 radical (unpaired) electrons. The van der Waals surface area contributed by atoms with Crippen molar-refractivity contribution < 1.29 is 0 Å². The van der Waals surface area contributed by atoms with Crippen molar-refractivity contribution in [1.82, 2.24) is 9.97 Å². The zero-order valence-corrected chi connectivity index (χ0v) is 13.1. The fraction of sp³-hybridized carbons (Fsp3) is 0.412. The molecule has 0 atom stereocenters. The number of nitrogens with zero attached hydrogens (tertiary/aromatic N) is 3. The average Bonchev–Trinajstić information content (AvgIpc) is 2.48. The van der Waals surface area contributed by atoms with Gasteiger partial charge in [0.1, 0.15) is 18.0 Å². The van der Waals surface area contributed by atoms with Gasteiger partial charge >= 0.3 is 0 Å². The third kappa shape index (κ3) is 3.51. The van der Waals surface area contributed by atoms with E-state index in [2.05, 4.69) is 47.8 Å². The van der Waals surface area contributed by atoms with Crippen molar-refractivity contribution in [3.05, 3.63) is 42.2 Å². The first-order valence-corrected chi connectivity index (χ1v) is 7.58. The van der Waals surface area contributed by atoms with E-state index >= 15 is 0 Å². The van der Waals surface area contributed by atoms with Crippen LogP contribution in [0.4, 0.5) is 17.3 Å². The number of nitrogen functional groups attached to an aromatic ring is 1. The molecular weight excluding hydrogens is 260 g/mol. The smallest absolute Gasteiger partial charge is 0.142 e. The van der Waals surface area contributed by atoms with E-state index in [0.29, 0.717) is 5.82 Å². The van der Waals surface area contributed by atoms with Crippen molar-refractivity contribution in [3.8, 4) is 0 Å². The van der Waals surface area contributed by atoms with E-state index in [1.165, 1.54) is 0 Å². The SMILES string of the molecule is CCCCN(c1ccccc1)c1ncnc(N)c1C(C)C. The second-order valence-electron chi connectivity index (χ2n) is 5.49. The molecule has 0 aliphatic carbocycles. The second-order valence-corrected chi connectivity index (χ2v) is 5.49. The van der Waals surface area contributed by atoms with Gasteiger partial charge in [0.25, 0.3) is 0 Å². The molecule has 0 fully saturated rings. The van der Waals surface area contributed by atoms with Crippen molar-refractivity contribution in [3.63, 3.8) is 0 Å². The van der Waals surface area contributed by atoms with Gasteiger partial charge in [0.05, 0.1) is 0 Å². The van der Waals surface area contributed by atoms with Gasteiger partial charge in [-0.05, 0) is 24.5 Å². The Labute approximate surface area is 127 Å². The van der Waals surface area contributed by atoms with Gasteiger partial charge in [-0.25, -0.2) is 9.97 Å². The summed E-state index contributed by atoms with van der Waals surface area (Å²) in [4.78, 5) is 10.9. The van der Waals surface area contributed by atoms with Crippen LogP contribution in [0.15, 0.2) is 36.7 Å². The number of benzene rings is 1. The van der Waals surface area contributed by atoms with Crippen LogP contribution in [0, 0.1) is 0 Å². The van der Waals surface area contributed by atoms with Crippen molar-refractivity contribution in [2.24, 2.45) is 0 Å². The van der Waals surface area contributed by atoms with Crippen LogP contribution < -0.4 is 10.6 Å². The summed E-state index contributed by atoms with van der Waals surface area (Å²) in [5.41, 5.74) is 8.26. The minimum atomic E-state index is 0.286. The van der Waals surface area contributed by atoms with Crippen LogP contribution in [-0.4, -0.2) is 16.5 Å². The van der Waals surface area contributed by atoms with E-state index in [0.717, 1.165) is 36.5 Å². The lowest BCUT2D eigenvalue weighted by molar-refractivity contribution is 0.764. The molecule has 0 bridgehead atoms. The van der Waals surface area contributed by atoms with Gasteiger partial charge in [-0.3, -0.25) is 0 Å². The Kier molecular flexibility index (Phi) is 5.14. The standard InChI is InChI=1S/C17H24N4/c1-4-5-11-21(14-9-7-6-8-10-14)17-15(13(2)3)16(18)19-12-20-17/h6-10,12-13H,4-5,11H2,1-3H3,(H2,18,19,20). The summed E-state index contributed by atoms with van der Waals surface area (Å²) in [5.74, 6) is 1.79. The zero-order chi connectivity index (χ0) is 15.2. The minimum Gasteiger partial charge on any atom is -0.383 e. The maximum atomic E-state index is 6.09. The van der Waals surface area contributed by atoms with Crippen LogP contribution in [0.5, 0.6) is 0 Å². The summed E-state index contributed by atoms with van der Waals surface area (Å²) in [5, 5.41) is 0. The van der Waals surface area contributed by atoms with Crippen LogP contribution in [0.25, 0.3) is 0 Å². The zero-order valence-electron chi connectivity index (χ0n) is 13.1. The van der Waals surface area contributed by atoms with Gasteiger partial charge in [-0.1, -0.05) is 45.4 Å². The van der Waals surface area contributed by atoms with E-state index in [1.807, 2.05) is 18.2 Å². The number of nitrogens with two attached hydrogens (primary N) is 1. The van der Waals surface area contributed by atoms with E-state index in [1.54, 1.807) is 6.33 Å². The van der Waals surface area contributed by atoms with Gasteiger partial charge in [-0.15, -0.1) is 0 Å². The highest BCUT2D eigenvalue weighted by atomic mass is 15.2. The number of para-hydroxylation sites is 1. The molecule has 21 heavy (non-hydrogen) atoms. The van der Waals surface area contributed by atoms with Gasteiger partial charge in [0.2, 0.25) is 0 Å². The molecule has 1 heterocycles. The molecule has 0 spiro atoms. The first kappa shape index (κ1) is 15.3. The Balaban J connectivity index is 2.49. The summed E-state index contributed by atoms with van der Waals surface area (Å²) in [6, 6.07) is 10.3. The number of hydrogen-bond donors (Lipinski definition) is 1. The van der Waals surface area contributed by atoms with E-state index in [9.17, 15) is 0 Å². The minimum absolute atomic E-state index is 0.286. The first-order valence-electron chi connectivity index (χ1n) is 7.58. The molecule has 0 saturated carbocycles. The predicted octanol–water partition coefficient (Wildman–Crippen LogP) is 4.12. The second kappa shape index (κ2) is 7.07. The summed E-state index contributed by atoms with van der Waals surface area (Å²) >= 11 is 0. The summed E-state index contributed by atoms with van der Waals surface area (Å²) < 4.78 is 0. The molecule has 0 aliphatic heterocycles. The molecule has 2 rings (SSSR count). The Morgan fingerprint density at radius 3 is 2.48 bits per heavy atom. The van der Waals surface area contributed by atoms with Crippen molar-refractivity contribution in [2.75, 3.05) is 17.2 Å². The molecule has 0 unspecified atom stereocenters. The summed E-state index contributed by atoms with van der Waals surface area (Å²) in [6.07, 6.45) is 3.80. The summed E-state index contributed by atoms with van der Waals surface area (Å²) in [7, 11) is 0. The third-order valence-electron chi connectivity index (χ3n) is 3.53. The van der Waals surface area contributed by atoms with Gasteiger partial charge in [0, 0.05) is 17.8 Å². The fourth-order valence-corrected chi connectivity index (χ4v) is 2.45. The largest absolute Gasteiger partial charge is 0.383 e. The number of anilines is 3. The fourth-order valence-electron chi connectivity index (χ4n) is 2.45. The molecule has 0 amide bonds. The molecule has 2 N–H and O–H groups in total. The van der Waals surface area contributed by atoms with Crippen molar-refractivity contribution in [2.45, 2.75) is 39.5 Å². The first-order chi connectivity index (χ1) is 10.1. The highest BCUT2D eigenvalue weighted by Gasteiger charge is 2.19. The average molecular weight is 284 g/mol.